The molecule has 59 heavy (non-hydrogen) atoms. The van der Waals surface area contributed by atoms with Crippen molar-refractivity contribution in [2.24, 2.45) is 0 Å². The van der Waals surface area contributed by atoms with E-state index in [9.17, 15) is 37.9 Å². The third-order valence-electron chi connectivity index (χ3n) is 10.9. The van der Waals surface area contributed by atoms with E-state index >= 15 is 0 Å². The summed E-state index contributed by atoms with van der Waals surface area (Å²) in [5, 5.41) is 30.9. The van der Waals surface area contributed by atoms with Crippen molar-refractivity contribution in [3.05, 3.63) is 17.9 Å². The smallest absolute Gasteiger partial charge is 0.306 e. The van der Waals surface area contributed by atoms with Crippen molar-refractivity contribution in [3.8, 4) is 0 Å². The number of hydrogen-bond acceptors (Lipinski definition) is 11. The molecular formula is C46H84O12S. The van der Waals surface area contributed by atoms with E-state index < -0.39 is 71.2 Å². The third kappa shape index (κ3) is 31.6. The van der Waals surface area contributed by atoms with Gasteiger partial charge in [0.2, 0.25) is 0 Å². The van der Waals surface area contributed by atoms with Gasteiger partial charge in [-0.2, -0.15) is 8.42 Å². The highest BCUT2D eigenvalue weighted by Crippen LogP contribution is 2.24. The lowest BCUT2D eigenvalue weighted by atomic mass is 10.00. The van der Waals surface area contributed by atoms with Gasteiger partial charge >= 0.3 is 11.9 Å². The lowest BCUT2D eigenvalue weighted by molar-refractivity contribution is -0.297. The van der Waals surface area contributed by atoms with E-state index in [2.05, 4.69) is 31.7 Å². The molecule has 13 heteroatoms. The molecule has 1 fully saturated rings. The van der Waals surface area contributed by atoms with Crippen molar-refractivity contribution in [2.45, 2.75) is 243 Å². The number of rotatable bonds is 39. The van der Waals surface area contributed by atoms with E-state index in [0.29, 0.717) is 12.8 Å². The van der Waals surface area contributed by atoms with Crippen molar-refractivity contribution in [3.63, 3.8) is 0 Å². The monoisotopic (exact) mass is 861 g/mol. The Hall–Kier alpha value is -1.83. The van der Waals surface area contributed by atoms with E-state index in [1.54, 1.807) is 0 Å². The number of carbonyl (C=O) groups is 2. The third-order valence-corrected chi connectivity index (χ3v) is 11.6. The highest BCUT2D eigenvalue weighted by Gasteiger charge is 2.46. The van der Waals surface area contributed by atoms with Crippen molar-refractivity contribution in [2.75, 3.05) is 19.0 Å². The zero-order chi connectivity index (χ0) is 43.4. The molecule has 0 bridgehead atoms. The van der Waals surface area contributed by atoms with Gasteiger partial charge in [-0.05, 0) is 50.7 Å². The highest BCUT2D eigenvalue weighted by molar-refractivity contribution is 7.85. The maximum Gasteiger partial charge on any atom is 0.306 e. The average molecular weight is 861 g/mol. The van der Waals surface area contributed by atoms with Gasteiger partial charge in [-0.1, -0.05) is 155 Å². The summed E-state index contributed by atoms with van der Waals surface area (Å²) in [5.41, 5.74) is 3.28. The van der Waals surface area contributed by atoms with Gasteiger partial charge in [-0.15, -0.1) is 5.73 Å². The van der Waals surface area contributed by atoms with Crippen LogP contribution in [-0.4, -0.2) is 96.0 Å². The Morgan fingerprint density at radius 1 is 0.593 bits per heavy atom. The Morgan fingerprint density at radius 2 is 1.02 bits per heavy atom. The van der Waals surface area contributed by atoms with Crippen LogP contribution in [0, 0.1) is 0 Å². The van der Waals surface area contributed by atoms with Gasteiger partial charge < -0.3 is 34.3 Å². The molecule has 0 amide bonds. The molecule has 0 aliphatic carbocycles. The normalized spacial score (nSPS) is 19.9. The number of esters is 2. The summed E-state index contributed by atoms with van der Waals surface area (Å²) in [6.45, 7) is 3.74. The van der Waals surface area contributed by atoms with Crippen LogP contribution in [0.3, 0.4) is 0 Å². The minimum Gasteiger partial charge on any atom is -0.462 e. The molecule has 0 saturated carbocycles. The van der Waals surface area contributed by atoms with Crippen LogP contribution in [0.25, 0.3) is 0 Å². The van der Waals surface area contributed by atoms with Crippen LogP contribution in [0.2, 0.25) is 0 Å². The summed E-state index contributed by atoms with van der Waals surface area (Å²) in [5.74, 6) is -1.99. The van der Waals surface area contributed by atoms with E-state index in [-0.39, 0.29) is 19.4 Å². The maximum atomic E-state index is 12.8. The van der Waals surface area contributed by atoms with E-state index in [1.807, 2.05) is 0 Å². The minimum absolute atomic E-state index is 0.165. The Balaban J connectivity index is 2.44. The van der Waals surface area contributed by atoms with Crippen LogP contribution in [0.4, 0.5) is 0 Å². The van der Waals surface area contributed by atoms with Crippen molar-refractivity contribution in [1.82, 2.24) is 0 Å². The Kier molecular flexibility index (Phi) is 34.4. The van der Waals surface area contributed by atoms with E-state index in [0.717, 1.165) is 57.8 Å². The number of carbonyl (C=O) groups excluding carboxylic acids is 2. The first-order chi connectivity index (χ1) is 28.5. The zero-order valence-corrected chi connectivity index (χ0v) is 37.7. The average Bonchev–Trinajstić information content (AvgIpc) is 3.20. The van der Waals surface area contributed by atoms with Crippen LogP contribution in [0.15, 0.2) is 17.9 Å². The van der Waals surface area contributed by atoms with E-state index in [4.69, 9.17) is 18.9 Å². The van der Waals surface area contributed by atoms with Crippen LogP contribution in [0.5, 0.6) is 0 Å². The number of unbranched alkanes of at least 4 members (excludes halogenated alkanes) is 25. The number of aliphatic hydroxyl groups is 3. The molecule has 1 aliphatic rings. The van der Waals surface area contributed by atoms with Crippen molar-refractivity contribution < 1.29 is 56.8 Å². The Bertz CT molecular complexity index is 1200. The van der Waals surface area contributed by atoms with Gasteiger partial charge in [-0.3, -0.25) is 14.1 Å². The second-order valence-corrected chi connectivity index (χ2v) is 18.0. The molecule has 0 spiro atoms. The summed E-state index contributed by atoms with van der Waals surface area (Å²) in [6, 6.07) is 0. The van der Waals surface area contributed by atoms with Crippen LogP contribution < -0.4 is 0 Å². The quantitative estimate of drug-likeness (QED) is 0.0199. The molecule has 0 aromatic heterocycles. The molecule has 0 aromatic carbocycles. The molecule has 2 unspecified atom stereocenters. The van der Waals surface area contributed by atoms with Gasteiger partial charge in [-0.25, -0.2) is 0 Å². The first kappa shape index (κ1) is 55.2. The van der Waals surface area contributed by atoms with Gasteiger partial charge in [0.1, 0.15) is 36.8 Å². The summed E-state index contributed by atoms with van der Waals surface area (Å²) in [4.78, 5) is 25.4. The standard InChI is InChI=1S/C46H84O12S/c1-3-5-7-9-11-13-15-17-19-21-23-25-27-29-31-33-35-42(48)57-39(37-56-46-45(51)44(50)43(49)40(58-46)38-59(52,53)54)36-55-41(47)34-32-30-28-26-24-22-20-18-16-14-12-10-8-6-4-2/h16,20,39-40,43-46,49-51H,3-15,17,19,21-38H2,1-2H3,(H,52,53,54)/t18?,39-,40-,43-,44?,45?,46+/m1/s1. The fourth-order valence-electron chi connectivity index (χ4n) is 7.18. The Labute approximate surface area is 358 Å². The van der Waals surface area contributed by atoms with Crippen LogP contribution in [0.1, 0.15) is 206 Å². The highest BCUT2D eigenvalue weighted by atomic mass is 32.2. The molecule has 4 N–H and O–H groups in total. The van der Waals surface area contributed by atoms with Crippen LogP contribution in [-0.2, 0) is 38.7 Å². The number of hydrogen-bond donors (Lipinski definition) is 4. The molecule has 346 valence electrons. The first-order valence-electron chi connectivity index (χ1n) is 23.5. The molecule has 1 rings (SSSR count). The predicted octanol–water partition coefficient (Wildman–Crippen LogP) is 9.61. The van der Waals surface area contributed by atoms with Crippen molar-refractivity contribution >= 4 is 22.1 Å². The molecule has 1 aliphatic heterocycles. The second kappa shape index (κ2) is 36.8. The number of allylic oxidation sites excluding steroid dienone is 1. The first-order valence-corrected chi connectivity index (χ1v) is 25.1. The van der Waals surface area contributed by atoms with Gasteiger partial charge in [0.15, 0.2) is 12.4 Å². The minimum atomic E-state index is -4.60. The fourth-order valence-corrected chi connectivity index (χ4v) is 7.88. The van der Waals surface area contributed by atoms with Crippen LogP contribution >= 0.6 is 0 Å². The molecule has 12 nitrogen and oxygen atoms in total. The fraction of sp³-hybridized carbons (Fsp3) is 0.891. The number of aliphatic hydroxyl groups excluding tert-OH is 3. The summed E-state index contributed by atoms with van der Waals surface area (Å²) in [7, 11) is -4.60. The predicted molar refractivity (Wildman–Crippen MR) is 232 cm³/mol. The van der Waals surface area contributed by atoms with Gasteiger partial charge in [0.25, 0.3) is 10.1 Å². The molecule has 1 saturated heterocycles. The molecule has 6 atom stereocenters. The molecule has 1 heterocycles. The summed E-state index contributed by atoms with van der Waals surface area (Å²) < 4.78 is 54.1. The van der Waals surface area contributed by atoms with Gasteiger partial charge in [0.05, 0.1) is 6.61 Å². The van der Waals surface area contributed by atoms with Gasteiger partial charge in [0, 0.05) is 12.8 Å². The second-order valence-electron chi connectivity index (χ2n) is 16.5. The maximum absolute atomic E-state index is 12.8. The zero-order valence-electron chi connectivity index (χ0n) is 36.9. The Morgan fingerprint density at radius 3 is 1.47 bits per heavy atom. The lowest BCUT2D eigenvalue weighted by Gasteiger charge is -2.40. The van der Waals surface area contributed by atoms with Crippen molar-refractivity contribution in [1.29, 1.82) is 0 Å². The number of ether oxygens (including phenoxy) is 4. The molecule has 0 radical (unpaired) electrons. The molecular weight excluding hydrogens is 777 g/mol. The molecule has 0 aromatic rings. The van der Waals surface area contributed by atoms with E-state index in [1.165, 1.54) is 109 Å². The SMILES string of the molecule is CCCCCCCC=C=CCCCCCCCC(=O)OC[C@H](CO[C@H]1O[C@H](CS(=O)(=O)O)[C@@H](O)C(O)C1O)OC(=O)CCCCCCCCCCCCCCCCCC. The topological polar surface area (TPSA) is 186 Å². The summed E-state index contributed by atoms with van der Waals surface area (Å²) in [6.07, 6.45) is 27.5. The largest absolute Gasteiger partial charge is 0.462 e. The lowest BCUT2D eigenvalue weighted by Crippen LogP contribution is -2.60. The summed E-state index contributed by atoms with van der Waals surface area (Å²) >= 11 is 0.